The molecule has 1 aliphatic heterocycles. The number of aldehydes is 1. The highest BCUT2D eigenvalue weighted by molar-refractivity contribution is 6.21. The van der Waals surface area contributed by atoms with Crippen molar-refractivity contribution in [2.75, 3.05) is 7.05 Å². The molecule has 230 valence electrons. The molecule has 5 rings (SSSR count). The molecule has 0 saturated carbocycles. The highest BCUT2D eigenvalue weighted by Crippen LogP contribution is 2.35. The first-order valence-corrected chi connectivity index (χ1v) is 14.8. The summed E-state index contributed by atoms with van der Waals surface area (Å²) in [7, 11) is 1.47. The van der Waals surface area contributed by atoms with Gasteiger partial charge in [0.1, 0.15) is 23.0 Å². The van der Waals surface area contributed by atoms with E-state index in [2.05, 4.69) is 19.2 Å². The monoisotopic (exact) mass is 604 g/mol. The van der Waals surface area contributed by atoms with E-state index < -0.39 is 0 Å². The molecule has 0 unspecified atom stereocenters. The summed E-state index contributed by atoms with van der Waals surface area (Å²) in [5.74, 6) is 1.19. The number of carbonyl (C=O) groups is 4. The average Bonchev–Trinajstić information content (AvgIpc) is 3.24. The standard InChI is InChI=1S/C37H36N2O6/c1-7-36(2,3)38-33(41)30-18-16-28(20-23(30)22-40)44-26-12-8-24(9-13-26)37(4,5)25-10-14-27(15-11-25)45-29-17-19-31-32(21-29)35(43)39(6)34(31)42/h8-22H,7H2,1-6H3,(H,38,41). The summed E-state index contributed by atoms with van der Waals surface area (Å²) < 4.78 is 12.0. The predicted molar refractivity (Wildman–Crippen MR) is 172 cm³/mol. The van der Waals surface area contributed by atoms with Gasteiger partial charge in [0, 0.05) is 23.6 Å². The molecule has 4 aromatic rings. The second kappa shape index (κ2) is 12.0. The first-order valence-electron chi connectivity index (χ1n) is 14.8. The molecule has 0 fully saturated rings. The summed E-state index contributed by atoms with van der Waals surface area (Å²) in [6.07, 6.45) is 1.42. The number of imide groups is 1. The smallest absolute Gasteiger partial charge is 0.261 e. The molecule has 1 aliphatic rings. The second-order valence-electron chi connectivity index (χ2n) is 12.3. The Morgan fingerprint density at radius 2 is 1.22 bits per heavy atom. The lowest BCUT2D eigenvalue weighted by atomic mass is 9.78. The molecule has 1 N–H and O–H groups in total. The Hall–Kier alpha value is -5.24. The lowest BCUT2D eigenvalue weighted by Crippen LogP contribution is -2.43. The van der Waals surface area contributed by atoms with Crippen molar-refractivity contribution in [2.45, 2.75) is 52.0 Å². The summed E-state index contributed by atoms with van der Waals surface area (Å²) in [5.41, 5.74) is 2.68. The van der Waals surface area contributed by atoms with Gasteiger partial charge < -0.3 is 14.8 Å². The molecule has 0 atom stereocenters. The van der Waals surface area contributed by atoms with Crippen LogP contribution in [0.25, 0.3) is 0 Å². The van der Waals surface area contributed by atoms with Crippen molar-refractivity contribution >= 4 is 24.0 Å². The van der Waals surface area contributed by atoms with E-state index in [-0.39, 0.29) is 34.2 Å². The minimum absolute atomic E-state index is 0.259. The number of nitrogens with one attached hydrogen (secondary N) is 1. The van der Waals surface area contributed by atoms with E-state index in [1.165, 1.54) is 7.05 Å². The molecule has 0 saturated heterocycles. The molecule has 4 aromatic carbocycles. The van der Waals surface area contributed by atoms with Crippen LogP contribution in [0, 0.1) is 0 Å². The first-order chi connectivity index (χ1) is 21.3. The number of nitrogens with zero attached hydrogens (tertiary/aromatic N) is 1. The fourth-order valence-corrected chi connectivity index (χ4v) is 5.09. The number of rotatable bonds is 10. The maximum atomic E-state index is 12.7. The third kappa shape index (κ3) is 6.36. The molecule has 0 radical (unpaired) electrons. The van der Waals surface area contributed by atoms with E-state index in [4.69, 9.17) is 9.47 Å². The minimum Gasteiger partial charge on any atom is -0.457 e. The summed E-state index contributed by atoms with van der Waals surface area (Å²) in [6.45, 7) is 10.1. The van der Waals surface area contributed by atoms with Crippen LogP contribution in [0.1, 0.15) is 93.6 Å². The summed E-state index contributed by atoms with van der Waals surface area (Å²) >= 11 is 0. The Bertz CT molecular complexity index is 1790. The van der Waals surface area contributed by atoms with Crippen LogP contribution in [0.2, 0.25) is 0 Å². The fraction of sp³-hybridized carbons (Fsp3) is 0.243. The Morgan fingerprint density at radius 1 is 0.733 bits per heavy atom. The lowest BCUT2D eigenvalue weighted by Gasteiger charge is -2.26. The molecule has 0 spiro atoms. The molecule has 8 heteroatoms. The van der Waals surface area contributed by atoms with E-state index in [0.717, 1.165) is 22.4 Å². The van der Waals surface area contributed by atoms with Crippen LogP contribution in [0.3, 0.4) is 0 Å². The lowest BCUT2D eigenvalue weighted by molar-refractivity contribution is 0.0692. The van der Waals surface area contributed by atoms with Crippen LogP contribution in [0.4, 0.5) is 0 Å². The maximum Gasteiger partial charge on any atom is 0.261 e. The van der Waals surface area contributed by atoms with E-state index >= 15 is 0 Å². The normalized spacial score (nSPS) is 13.0. The van der Waals surface area contributed by atoms with E-state index in [0.29, 0.717) is 46.0 Å². The number of benzene rings is 4. The Labute approximate surface area is 263 Å². The number of carbonyl (C=O) groups excluding carboxylic acids is 4. The third-order valence-electron chi connectivity index (χ3n) is 8.41. The van der Waals surface area contributed by atoms with Gasteiger partial charge in [0.25, 0.3) is 17.7 Å². The van der Waals surface area contributed by atoms with Crippen LogP contribution < -0.4 is 14.8 Å². The number of amides is 3. The average molecular weight is 605 g/mol. The van der Waals surface area contributed by atoms with Gasteiger partial charge in [-0.05, 0) is 92.1 Å². The van der Waals surface area contributed by atoms with Crippen LogP contribution in [-0.2, 0) is 5.41 Å². The third-order valence-corrected chi connectivity index (χ3v) is 8.41. The van der Waals surface area contributed by atoms with E-state index in [9.17, 15) is 19.2 Å². The van der Waals surface area contributed by atoms with Crippen molar-refractivity contribution in [3.05, 3.63) is 118 Å². The summed E-state index contributed by atoms with van der Waals surface area (Å²) in [6, 6.07) is 25.2. The predicted octanol–water partition coefficient (Wildman–Crippen LogP) is 7.55. The summed E-state index contributed by atoms with van der Waals surface area (Å²) in [5, 5.41) is 2.96. The first kappa shape index (κ1) is 31.2. The van der Waals surface area contributed by atoms with Crippen molar-refractivity contribution in [1.82, 2.24) is 10.2 Å². The molecule has 0 bridgehead atoms. The summed E-state index contributed by atoms with van der Waals surface area (Å²) in [4.78, 5) is 50.1. The van der Waals surface area contributed by atoms with Gasteiger partial charge in [-0.2, -0.15) is 0 Å². The van der Waals surface area contributed by atoms with Crippen LogP contribution in [-0.4, -0.2) is 41.5 Å². The van der Waals surface area contributed by atoms with Crippen LogP contribution >= 0.6 is 0 Å². The minimum atomic E-state index is -0.385. The van der Waals surface area contributed by atoms with Crippen LogP contribution in [0.5, 0.6) is 23.0 Å². The quantitative estimate of drug-likeness (QED) is 0.148. The van der Waals surface area contributed by atoms with Gasteiger partial charge in [-0.1, -0.05) is 45.0 Å². The molecule has 8 nitrogen and oxygen atoms in total. The molecule has 0 aromatic heterocycles. The Morgan fingerprint density at radius 3 is 1.76 bits per heavy atom. The van der Waals surface area contributed by atoms with E-state index in [1.807, 2.05) is 69.3 Å². The van der Waals surface area contributed by atoms with E-state index in [1.54, 1.807) is 36.4 Å². The highest BCUT2D eigenvalue weighted by atomic mass is 16.5. The number of hydrogen-bond acceptors (Lipinski definition) is 6. The van der Waals surface area contributed by atoms with Gasteiger partial charge in [-0.3, -0.25) is 24.1 Å². The van der Waals surface area contributed by atoms with Crippen molar-refractivity contribution in [3.8, 4) is 23.0 Å². The zero-order valence-electron chi connectivity index (χ0n) is 26.3. The van der Waals surface area contributed by atoms with Gasteiger partial charge in [-0.25, -0.2) is 0 Å². The molecule has 3 amide bonds. The molecule has 45 heavy (non-hydrogen) atoms. The van der Waals surface area contributed by atoms with Crippen molar-refractivity contribution in [2.24, 2.45) is 0 Å². The van der Waals surface area contributed by atoms with Crippen molar-refractivity contribution in [3.63, 3.8) is 0 Å². The maximum absolute atomic E-state index is 12.7. The Kier molecular flexibility index (Phi) is 8.34. The number of ether oxygens (including phenoxy) is 2. The topological polar surface area (TPSA) is 102 Å². The molecular weight excluding hydrogens is 568 g/mol. The Balaban J connectivity index is 1.26. The number of hydrogen-bond donors (Lipinski definition) is 1. The van der Waals surface area contributed by atoms with Gasteiger partial charge in [0.15, 0.2) is 6.29 Å². The molecular formula is C37H36N2O6. The zero-order chi connectivity index (χ0) is 32.5. The highest BCUT2D eigenvalue weighted by Gasteiger charge is 2.33. The van der Waals surface area contributed by atoms with Gasteiger partial charge >= 0.3 is 0 Å². The molecule has 1 heterocycles. The second-order valence-corrected chi connectivity index (χ2v) is 12.3. The van der Waals surface area contributed by atoms with Gasteiger partial charge in [-0.15, -0.1) is 0 Å². The van der Waals surface area contributed by atoms with Gasteiger partial charge in [0.05, 0.1) is 16.7 Å². The largest absolute Gasteiger partial charge is 0.457 e. The number of fused-ring (bicyclic) bond motifs is 1. The SMILES string of the molecule is CCC(C)(C)NC(=O)c1ccc(Oc2ccc(C(C)(C)c3ccc(Oc4ccc5c(c4)C(=O)N(C)C5=O)cc3)cc2)cc1C=O. The van der Waals surface area contributed by atoms with Crippen molar-refractivity contribution < 1.29 is 28.7 Å². The molecule has 0 aliphatic carbocycles. The van der Waals surface area contributed by atoms with Gasteiger partial charge in [0.2, 0.25) is 0 Å². The van der Waals surface area contributed by atoms with Crippen LogP contribution in [0.15, 0.2) is 84.9 Å². The zero-order valence-corrected chi connectivity index (χ0v) is 26.3. The van der Waals surface area contributed by atoms with Crippen molar-refractivity contribution in [1.29, 1.82) is 0 Å². The fourth-order valence-electron chi connectivity index (χ4n) is 5.09.